The molecule has 0 aliphatic heterocycles. The maximum Gasteiger partial charge on any atom is 0.200 e. The predicted molar refractivity (Wildman–Crippen MR) is 81.6 cm³/mol. The average molecular weight is 320 g/mol. The molecule has 2 aromatic carbocycles. The van der Waals surface area contributed by atoms with Gasteiger partial charge in [-0.3, -0.25) is 0 Å². The van der Waals surface area contributed by atoms with Crippen molar-refractivity contribution in [1.82, 2.24) is 0 Å². The Kier molecular flexibility index (Phi) is 4.76. The van der Waals surface area contributed by atoms with Crippen molar-refractivity contribution in [3.8, 4) is 11.5 Å². The molecular formula is C18H18F2O3. The quantitative estimate of drug-likeness (QED) is 0.802. The maximum atomic E-state index is 13.9. The Morgan fingerprint density at radius 3 is 2.48 bits per heavy atom. The highest BCUT2D eigenvalue weighted by atomic mass is 19.2. The highest BCUT2D eigenvalue weighted by Crippen LogP contribution is 2.32. The molecular weight excluding hydrogens is 302 g/mol. The molecule has 23 heavy (non-hydrogen) atoms. The second-order valence-electron chi connectivity index (χ2n) is 5.56. The fraction of sp³-hybridized carbons (Fsp3) is 0.333. The molecule has 3 rings (SSSR count). The van der Waals surface area contributed by atoms with Crippen molar-refractivity contribution in [3.05, 3.63) is 59.7 Å². The summed E-state index contributed by atoms with van der Waals surface area (Å²) in [5.41, 5.74) is 0.876. The van der Waals surface area contributed by atoms with Gasteiger partial charge in [0, 0.05) is 32.1 Å². The highest BCUT2D eigenvalue weighted by molar-refractivity contribution is 5.36. The second kappa shape index (κ2) is 6.96. The van der Waals surface area contributed by atoms with E-state index in [1.807, 2.05) is 30.3 Å². The Hall–Kier alpha value is -2.14. The minimum absolute atomic E-state index is 0.0354. The Balaban J connectivity index is 1.67. The fourth-order valence-corrected chi connectivity index (χ4v) is 2.45. The van der Waals surface area contributed by atoms with Crippen LogP contribution in [0.3, 0.4) is 0 Å². The van der Waals surface area contributed by atoms with Gasteiger partial charge in [0.25, 0.3) is 0 Å². The van der Waals surface area contributed by atoms with Crippen LogP contribution in [-0.2, 0) is 11.3 Å². The topological polar surface area (TPSA) is 27.7 Å². The number of ether oxygens (including phenoxy) is 3. The molecule has 2 aromatic rings. The molecule has 0 N–H and O–H groups in total. The monoisotopic (exact) mass is 320 g/mol. The van der Waals surface area contributed by atoms with E-state index in [1.165, 1.54) is 6.07 Å². The van der Waals surface area contributed by atoms with E-state index >= 15 is 0 Å². The first kappa shape index (κ1) is 15.7. The summed E-state index contributed by atoms with van der Waals surface area (Å²) in [4.78, 5) is 0. The Bertz CT molecular complexity index is 655. The summed E-state index contributed by atoms with van der Waals surface area (Å²) < 4.78 is 43.8. The van der Waals surface area contributed by atoms with E-state index in [2.05, 4.69) is 0 Å². The summed E-state index contributed by atoms with van der Waals surface area (Å²) in [5.74, 6) is -1.86. The van der Waals surface area contributed by atoms with Gasteiger partial charge in [0.15, 0.2) is 11.6 Å². The van der Waals surface area contributed by atoms with E-state index in [0.29, 0.717) is 0 Å². The number of hydrogen-bond donors (Lipinski definition) is 0. The molecule has 0 saturated heterocycles. The number of halogens is 2. The van der Waals surface area contributed by atoms with Gasteiger partial charge in [0.1, 0.15) is 18.5 Å². The van der Waals surface area contributed by atoms with Gasteiger partial charge in [0.05, 0.1) is 6.10 Å². The predicted octanol–water partition coefficient (Wildman–Crippen LogP) is 4.10. The zero-order chi connectivity index (χ0) is 16.2. The van der Waals surface area contributed by atoms with Gasteiger partial charge in [-0.05, 0) is 5.56 Å². The number of benzene rings is 2. The number of hydrogen-bond acceptors (Lipinski definition) is 3. The molecule has 0 spiro atoms. The van der Waals surface area contributed by atoms with Crippen molar-refractivity contribution >= 4 is 0 Å². The molecule has 1 aliphatic rings. The molecule has 0 unspecified atom stereocenters. The average Bonchev–Trinajstić information content (AvgIpc) is 2.53. The molecule has 5 heteroatoms. The van der Waals surface area contributed by atoms with Gasteiger partial charge in [-0.1, -0.05) is 30.3 Å². The summed E-state index contributed by atoms with van der Waals surface area (Å²) >= 11 is 0. The lowest BCUT2D eigenvalue weighted by Gasteiger charge is -2.34. The minimum atomic E-state index is -1.00. The van der Waals surface area contributed by atoms with Crippen LogP contribution in [0.1, 0.15) is 18.4 Å². The van der Waals surface area contributed by atoms with Crippen molar-refractivity contribution < 1.29 is 23.0 Å². The fourth-order valence-electron chi connectivity index (χ4n) is 2.45. The van der Waals surface area contributed by atoms with Crippen molar-refractivity contribution in [3.63, 3.8) is 0 Å². The van der Waals surface area contributed by atoms with Crippen molar-refractivity contribution in [2.24, 2.45) is 0 Å². The molecule has 1 aliphatic carbocycles. The summed E-state index contributed by atoms with van der Waals surface area (Å²) in [6.07, 6.45) is 1.64. The summed E-state index contributed by atoms with van der Waals surface area (Å²) in [6.45, 7) is 0.163. The van der Waals surface area contributed by atoms with Crippen LogP contribution in [0.4, 0.5) is 8.78 Å². The number of rotatable bonds is 6. The lowest BCUT2D eigenvalue weighted by atomic mass is 9.92. The Labute approximate surface area is 133 Å². The van der Waals surface area contributed by atoms with E-state index < -0.39 is 11.6 Å². The normalized spacial score (nSPS) is 20.0. The van der Waals surface area contributed by atoms with Crippen molar-refractivity contribution in [2.45, 2.75) is 31.7 Å². The van der Waals surface area contributed by atoms with Crippen molar-refractivity contribution in [1.29, 1.82) is 0 Å². The van der Waals surface area contributed by atoms with Gasteiger partial charge in [0.2, 0.25) is 5.82 Å². The van der Waals surface area contributed by atoms with Gasteiger partial charge in [-0.15, -0.1) is 0 Å². The lowest BCUT2D eigenvalue weighted by molar-refractivity contribution is -0.0382. The second-order valence-corrected chi connectivity index (χ2v) is 5.56. The summed E-state index contributed by atoms with van der Waals surface area (Å²) in [5, 5.41) is 0. The van der Waals surface area contributed by atoms with Crippen LogP contribution in [0.25, 0.3) is 0 Å². The number of methoxy groups -OCH3 is 1. The smallest absolute Gasteiger partial charge is 0.200 e. The summed E-state index contributed by atoms with van der Waals surface area (Å²) in [7, 11) is 1.65. The molecule has 1 saturated carbocycles. The van der Waals surface area contributed by atoms with Gasteiger partial charge < -0.3 is 14.2 Å². The Morgan fingerprint density at radius 1 is 1.04 bits per heavy atom. The van der Waals surface area contributed by atoms with Crippen LogP contribution in [0.15, 0.2) is 42.5 Å². The summed E-state index contributed by atoms with van der Waals surface area (Å²) in [6, 6.07) is 11.7. The molecule has 1 fully saturated rings. The third-order valence-corrected chi connectivity index (χ3v) is 3.89. The van der Waals surface area contributed by atoms with Crippen LogP contribution in [0.5, 0.6) is 11.5 Å². The van der Waals surface area contributed by atoms with Gasteiger partial charge in [-0.25, -0.2) is 4.39 Å². The van der Waals surface area contributed by atoms with Crippen LogP contribution in [-0.4, -0.2) is 19.3 Å². The first-order chi connectivity index (χ1) is 11.2. The third kappa shape index (κ3) is 3.79. The lowest BCUT2D eigenvalue weighted by Crippen LogP contribution is -2.38. The van der Waals surface area contributed by atoms with Crippen LogP contribution in [0.2, 0.25) is 0 Å². The van der Waals surface area contributed by atoms with E-state index in [0.717, 1.165) is 24.5 Å². The maximum absolute atomic E-state index is 13.9. The standard InChI is InChI=1S/C18H18F2O3/c1-21-13-7-14(8-13)23-15-9-16(19)18(20)17(10-15)22-11-12-5-3-2-4-6-12/h2-6,9-10,13-14H,7-8,11H2,1H3. The molecule has 3 nitrogen and oxygen atoms in total. The minimum Gasteiger partial charge on any atom is -0.490 e. The van der Waals surface area contributed by atoms with E-state index in [9.17, 15) is 8.78 Å². The SMILES string of the molecule is COC1CC(Oc2cc(F)c(F)c(OCc3ccccc3)c2)C1. The highest BCUT2D eigenvalue weighted by Gasteiger charge is 2.31. The van der Waals surface area contributed by atoms with E-state index in [1.54, 1.807) is 7.11 Å². The molecule has 0 aromatic heterocycles. The molecule has 0 bridgehead atoms. The zero-order valence-corrected chi connectivity index (χ0v) is 12.8. The largest absolute Gasteiger partial charge is 0.490 e. The third-order valence-electron chi connectivity index (χ3n) is 3.89. The zero-order valence-electron chi connectivity index (χ0n) is 12.8. The van der Waals surface area contributed by atoms with E-state index in [4.69, 9.17) is 14.2 Å². The van der Waals surface area contributed by atoms with Gasteiger partial charge >= 0.3 is 0 Å². The Morgan fingerprint density at radius 2 is 1.78 bits per heavy atom. The first-order valence-electron chi connectivity index (χ1n) is 7.51. The van der Waals surface area contributed by atoms with Crippen LogP contribution < -0.4 is 9.47 Å². The van der Waals surface area contributed by atoms with Gasteiger partial charge in [-0.2, -0.15) is 4.39 Å². The van der Waals surface area contributed by atoms with E-state index in [-0.39, 0.29) is 30.3 Å². The molecule has 0 heterocycles. The van der Waals surface area contributed by atoms with Crippen LogP contribution >= 0.6 is 0 Å². The molecule has 0 atom stereocenters. The van der Waals surface area contributed by atoms with Crippen molar-refractivity contribution in [2.75, 3.05) is 7.11 Å². The first-order valence-corrected chi connectivity index (χ1v) is 7.51. The molecule has 122 valence electrons. The molecule has 0 radical (unpaired) electrons. The molecule has 0 amide bonds. The van der Waals surface area contributed by atoms with Crippen LogP contribution in [0, 0.1) is 11.6 Å².